The number of rotatable bonds is 3. The number of hydrogen-bond donors (Lipinski definition) is 0. The third-order valence-electron chi connectivity index (χ3n) is 15.6. The first-order valence-corrected chi connectivity index (χ1v) is 23.5. The Bertz CT molecular complexity index is 4150. The van der Waals surface area contributed by atoms with Gasteiger partial charge in [0.15, 0.2) is 0 Å². The van der Waals surface area contributed by atoms with Gasteiger partial charge in [-0.2, -0.15) is 0 Å². The second-order valence-electron chi connectivity index (χ2n) is 18.9. The molecule has 2 aliphatic rings. The van der Waals surface area contributed by atoms with Gasteiger partial charge in [-0.15, -0.1) is 0 Å². The van der Waals surface area contributed by atoms with E-state index in [1.54, 1.807) is 0 Å². The summed E-state index contributed by atoms with van der Waals surface area (Å²) in [6.07, 6.45) is 0. The van der Waals surface area contributed by atoms with E-state index in [0.717, 1.165) is 11.4 Å². The highest BCUT2D eigenvalue weighted by Gasteiger charge is 2.45. The van der Waals surface area contributed by atoms with Gasteiger partial charge in [-0.3, -0.25) is 0 Å². The summed E-state index contributed by atoms with van der Waals surface area (Å²) in [4.78, 5) is 5.15. The summed E-state index contributed by atoms with van der Waals surface area (Å²) < 4.78 is 5.07. The summed E-state index contributed by atoms with van der Waals surface area (Å²) >= 11 is 0. The first-order chi connectivity index (χ1) is 33.1. The highest BCUT2D eigenvalue weighted by Crippen LogP contribution is 2.50. The minimum absolute atomic E-state index is 0.0654. The number of anilines is 6. The number of hydrogen-bond acceptors (Lipinski definition) is 2. The average molecular weight is 851 g/mol. The molecule has 0 spiro atoms. The first-order valence-electron chi connectivity index (χ1n) is 23.5. The van der Waals surface area contributed by atoms with Crippen molar-refractivity contribution >= 4 is 133 Å². The monoisotopic (exact) mass is 850 g/mol. The summed E-state index contributed by atoms with van der Waals surface area (Å²) in [6.45, 7) is 4.46. The zero-order valence-electron chi connectivity index (χ0n) is 36.9. The fourth-order valence-corrected chi connectivity index (χ4v) is 13.0. The van der Waals surface area contributed by atoms with Crippen LogP contribution in [0.1, 0.15) is 11.1 Å². The van der Waals surface area contributed by atoms with E-state index in [9.17, 15) is 0 Å². The van der Waals surface area contributed by atoms with Crippen molar-refractivity contribution in [1.29, 1.82) is 0 Å². The number of fused-ring (bicyclic) bond motifs is 16. The van der Waals surface area contributed by atoms with Crippen molar-refractivity contribution in [3.63, 3.8) is 0 Å². The quantitative estimate of drug-likeness (QED) is 0.165. The Kier molecular flexibility index (Phi) is 6.74. The molecule has 0 N–H and O–H groups in total. The van der Waals surface area contributed by atoms with Gasteiger partial charge >= 0.3 is 0 Å². The number of benzene rings is 10. The van der Waals surface area contributed by atoms with Crippen LogP contribution in [-0.4, -0.2) is 15.5 Å². The summed E-state index contributed by atoms with van der Waals surface area (Å²) in [5.74, 6) is 0. The lowest BCUT2D eigenvalue weighted by Gasteiger charge is -2.44. The van der Waals surface area contributed by atoms with Gasteiger partial charge in [0.2, 0.25) is 0 Å². The number of para-hydroxylation sites is 6. The van der Waals surface area contributed by atoms with Crippen LogP contribution < -0.4 is 26.2 Å². The van der Waals surface area contributed by atoms with Gasteiger partial charge in [0.1, 0.15) is 0 Å². The Balaban J connectivity index is 1.11. The van der Waals surface area contributed by atoms with E-state index in [2.05, 4.69) is 233 Å². The zero-order chi connectivity index (χ0) is 43.8. The smallest absolute Gasteiger partial charge is 0.252 e. The van der Waals surface area contributed by atoms with E-state index < -0.39 is 0 Å². The number of aromatic nitrogens is 2. The Morgan fingerprint density at radius 3 is 1.21 bits per heavy atom. The van der Waals surface area contributed by atoms with Crippen LogP contribution in [-0.2, 0) is 0 Å². The van der Waals surface area contributed by atoms with Crippen molar-refractivity contribution in [2.24, 2.45) is 0 Å². The largest absolute Gasteiger partial charge is 0.311 e. The van der Waals surface area contributed by atoms with E-state index in [1.165, 1.54) is 138 Å². The SMILES string of the molecule is Cc1cccc(C)c1-c1cc2c3c(c1)N(c1ccccc1)c1cc4c(cc1B3c1cc3c5cccc6c7ccccc7n(c3cc1N2c1ccccc1)c65)c1cccc2c3ccccc3n4c21. The molecule has 0 radical (unpaired) electrons. The van der Waals surface area contributed by atoms with Crippen LogP contribution in [0.2, 0.25) is 0 Å². The molecule has 0 unspecified atom stereocenters. The number of nitrogens with zero attached hydrogens (tertiary/aromatic N) is 4. The highest BCUT2D eigenvalue weighted by atomic mass is 15.2. The maximum Gasteiger partial charge on any atom is 0.252 e. The Labute approximate surface area is 386 Å². The molecular formula is C62H39BN4. The van der Waals surface area contributed by atoms with E-state index >= 15 is 0 Å². The van der Waals surface area contributed by atoms with Gasteiger partial charge < -0.3 is 18.6 Å². The molecule has 4 nitrogen and oxygen atoms in total. The van der Waals surface area contributed by atoms with Gasteiger partial charge in [-0.1, -0.05) is 140 Å². The lowest BCUT2D eigenvalue weighted by atomic mass is 9.33. The average Bonchev–Trinajstić information content (AvgIpc) is 4.09. The van der Waals surface area contributed by atoms with Crippen LogP contribution in [0.3, 0.4) is 0 Å². The Hall–Kier alpha value is -8.54. The van der Waals surface area contributed by atoms with Gasteiger partial charge in [-0.05, 0) is 113 Å². The molecule has 5 heteroatoms. The van der Waals surface area contributed by atoms with E-state index in [4.69, 9.17) is 0 Å². The van der Waals surface area contributed by atoms with Crippen molar-refractivity contribution in [3.05, 3.63) is 211 Å². The minimum atomic E-state index is -0.0654. The first kappa shape index (κ1) is 35.8. The molecular weight excluding hydrogens is 812 g/mol. The van der Waals surface area contributed by atoms with Gasteiger partial charge in [-0.25, -0.2) is 0 Å². The predicted octanol–water partition coefficient (Wildman–Crippen LogP) is 14.4. The maximum absolute atomic E-state index is 2.58. The molecule has 2 aliphatic heterocycles. The molecule has 10 aromatic carbocycles. The molecule has 14 aromatic rings. The summed E-state index contributed by atoms with van der Waals surface area (Å²) in [5.41, 5.74) is 23.7. The molecule has 310 valence electrons. The van der Waals surface area contributed by atoms with Crippen molar-refractivity contribution in [1.82, 2.24) is 8.80 Å². The van der Waals surface area contributed by atoms with Gasteiger partial charge in [0.25, 0.3) is 6.71 Å². The normalized spacial score (nSPS) is 13.4. The van der Waals surface area contributed by atoms with Crippen LogP contribution >= 0.6 is 0 Å². The lowest BCUT2D eigenvalue weighted by Crippen LogP contribution is -2.61. The Morgan fingerprint density at radius 2 is 0.731 bits per heavy atom. The molecule has 6 heterocycles. The predicted molar refractivity (Wildman–Crippen MR) is 285 cm³/mol. The standard InChI is InChI=1S/C62H39BN4/c1-36-16-13-17-37(2)59(36)38-30-57-60-58(31-38)65(40-20-7-4-8-21-40)56-35-54-48(46-27-15-25-44-42-23-10-12-29-52(42)67(54)62(44)46)33-50(56)63(60)49-32-47-45-26-14-24-43-41-22-9-11-28-51(41)66(61(43)45)53(47)34-55(49)64(57)39-18-5-3-6-19-39/h3-35H,1-2H3. The highest BCUT2D eigenvalue weighted by molar-refractivity contribution is 7.00. The zero-order valence-corrected chi connectivity index (χ0v) is 36.9. The third kappa shape index (κ3) is 4.44. The molecule has 0 atom stereocenters. The van der Waals surface area contributed by atoms with Crippen LogP contribution in [0.4, 0.5) is 34.1 Å². The molecule has 0 fully saturated rings. The molecule has 0 bridgehead atoms. The minimum Gasteiger partial charge on any atom is -0.311 e. The molecule has 16 rings (SSSR count). The molecule has 4 aromatic heterocycles. The van der Waals surface area contributed by atoms with Crippen molar-refractivity contribution < 1.29 is 0 Å². The van der Waals surface area contributed by atoms with Crippen LogP contribution in [0.5, 0.6) is 0 Å². The van der Waals surface area contributed by atoms with Crippen molar-refractivity contribution in [2.45, 2.75) is 13.8 Å². The van der Waals surface area contributed by atoms with Crippen LogP contribution in [0.25, 0.3) is 87.3 Å². The van der Waals surface area contributed by atoms with E-state index in [0.29, 0.717) is 0 Å². The summed E-state index contributed by atoms with van der Waals surface area (Å²) in [5, 5.41) is 10.3. The second kappa shape index (κ2) is 12.6. The maximum atomic E-state index is 2.58. The summed E-state index contributed by atoms with van der Waals surface area (Å²) in [7, 11) is 0. The molecule has 67 heavy (non-hydrogen) atoms. The number of aryl methyl sites for hydroxylation is 2. The lowest BCUT2D eigenvalue weighted by molar-refractivity contribution is 1.25. The summed E-state index contributed by atoms with van der Waals surface area (Å²) in [6, 6.07) is 75.6. The molecule has 0 amide bonds. The molecule has 0 saturated carbocycles. The van der Waals surface area contributed by atoms with Gasteiger partial charge in [0, 0.05) is 77.2 Å². The van der Waals surface area contributed by atoms with Crippen molar-refractivity contribution in [3.8, 4) is 11.1 Å². The van der Waals surface area contributed by atoms with Crippen LogP contribution in [0.15, 0.2) is 200 Å². The van der Waals surface area contributed by atoms with Gasteiger partial charge in [0.05, 0.1) is 33.1 Å². The van der Waals surface area contributed by atoms with E-state index in [1.807, 2.05) is 0 Å². The molecule has 0 aliphatic carbocycles. The van der Waals surface area contributed by atoms with Crippen molar-refractivity contribution in [2.75, 3.05) is 9.80 Å². The fourth-order valence-electron chi connectivity index (χ4n) is 13.0. The van der Waals surface area contributed by atoms with E-state index in [-0.39, 0.29) is 6.71 Å². The van der Waals surface area contributed by atoms with Crippen LogP contribution in [0, 0.1) is 13.8 Å². The topological polar surface area (TPSA) is 15.3 Å². The Morgan fingerprint density at radius 1 is 0.328 bits per heavy atom. The fraction of sp³-hybridized carbons (Fsp3) is 0.0323. The molecule has 0 saturated heterocycles. The third-order valence-corrected chi connectivity index (χ3v) is 15.6. The second-order valence-corrected chi connectivity index (χ2v) is 18.9.